The van der Waals surface area contributed by atoms with E-state index in [0.29, 0.717) is 58.7 Å². The number of H-pyrrole nitrogens is 1. The van der Waals surface area contributed by atoms with Crippen LogP contribution in [0.1, 0.15) is 0 Å². The van der Waals surface area contributed by atoms with Crippen LogP contribution in [0.15, 0.2) is 24.8 Å². The number of benzene rings is 1. The Labute approximate surface area is 174 Å². The molecule has 0 radical (unpaired) electrons. The Kier molecular flexibility index (Phi) is 3.78. The van der Waals surface area contributed by atoms with Gasteiger partial charge in [0, 0.05) is 32.2 Å². The molecule has 3 aromatic heterocycles. The lowest BCUT2D eigenvalue weighted by molar-refractivity contribution is 0.439. The fourth-order valence-electron chi connectivity index (χ4n) is 4.52. The quantitative estimate of drug-likeness (QED) is 0.457. The minimum Gasteiger partial charge on any atom is -0.421 e. The summed E-state index contributed by atoms with van der Waals surface area (Å²) in [6.45, 7) is 1.38. The summed E-state index contributed by atoms with van der Waals surface area (Å²) in [4.78, 5) is 22.0. The van der Waals surface area contributed by atoms with Crippen molar-refractivity contribution in [3.05, 3.63) is 36.4 Å². The second kappa shape index (κ2) is 6.45. The van der Waals surface area contributed by atoms with Crippen molar-refractivity contribution >= 4 is 33.4 Å². The fraction of sp³-hybridized carbons (Fsp3) is 0.300. The number of piperidine rings is 1. The van der Waals surface area contributed by atoms with Gasteiger partial charge in [-0.1, -0.05) is 0 Å². The van der Waals surface area contributed by atoms with E-state index in [-0.39, 0.29) is 17.4 Å². The lowest BCUT2D eigenvalue weighted by Crippen LogP contribution is -2.29. The third-order valence-corrected chi connectivity index (χ3v) is 6.16. The van der Waals surface area contributed by atoms with Gasteiger partial charge in [-0.25, -0.2) is 18.7 Å². The van der Waals surface area contributed by atoms with Gasteiger partial charge in [0.2, 0.25) is 0 Å². The van der Waals surface area contributed by atoms with Crippen LogP contribution in [0.4, 0.5) is 20.3 Å². The average Bonchev–Trinajstić information content (AvgIpc) is 3.14. The van der Waals surface area contributed by atoms with Crippen LogP contribution in [0.5, 0.6) is 11.8 Å². The van der Waals surface area contributed by atoms with E-state index in [0.717, 1.165) is 6.07 Å². The Morgan fingerprint density at radius 2 is 1.90 bits per heavy atom. The molecule has 2 unspecified atom stereocenters. The van der Waals surface area contributed by atoms with Gasteiger partial charge >= 0.3 is 6.01 Å². The summed E-state index contributed by atoms with van der Waals surface area (Å²) in [5, 5.41) is 3.42. The molecule has 1 saturated carbocycles. The zero-order chi connectivity index (χ0) is 21.3. The predicted octanol–water partition coefficient (Wildman–Crippen LogP) is 2.41. The normalized spacial score (nSPS) is 22.2. The minimum absolute atomic E-state index is 0.0561. The van der Waals surface area contributed by atoms with Crippen molar-refractivity contribution < 1.29 is 13.5 Å². The number of aromatic nitrogens is 5. The Hall–Kier alpha value is -3.60. The van der Waals surface area contributed by atoms with Crippen molar-refractivity contribution in [2.24, 2.45) is 17.6 Å². The van der Waals surface area contributed by atoms with Gasteiger partial charge in [0.25, 0.3) is 0 Å². The molecule has 158 valence electrons. The minimum atomic E-state index is -0.948. The molecule has 6 rings (SSSR count). The first-order valence-electron chi connectivity index (χ1n) is 9.87. The number of nitrogens with one attached hydrogen (secondary N) is 2. The smallest absolute Gasteiger partial charge is 0.326 e. The highest BCUT2D eigenvalue weighted by atomic mass is 19.2. The molecule has 1 aliphatic carbocycles. The van der Waals surface area contributed by atoms with Crippen molar-refractivity contribution in [1.29, 1.82) is 0 Å². The van der Waals surface area contributed by atoms with Gasteiger partial charge in [0.15, 0.2) is 17.4 Å². The SMILES string of the molecule is CNc1cc(F)c(F)c2c1[nH]c1nc(Oc3cncnc3)nc(N3CC4C(N)C4C3)c12. The molecule has 11 heteroatoms. The zero-order valence-electron chi connectivity index (χ0n) is 16.4. The van der Waals surface area contributed by atoms with Gasteiger partial charge in [-0.15, -0.1) is 0 Å². The Morgan fingerprint density at radius 1 is 1.16 bits per heavy atom. The van der Waals surface area contributed by atoms with E-state index in [1.165, 1.54) is 18.7 Å². The van der Waals surface area contributed by atoms with Crippen molar-refractivity contribution in [2.75, 3.05) is 30.4 Å². The van der Waals surface area contributed by atoms with Gasteiger partial charge in [0.1, 0.15) is 17.8 Å². The maximum absolute atomic E-state index is 15.0. The van der Waals surface area contributed by atoms with Crippen LogP contribution in [0.3, 0.4) is 0 Å². The molecule has 2 aliphatic rings. The highest BCUT2D eigenvalue weighted by Gasteiger charge is 2.54. The molecular formula is C20H18F2N8O. The lowest BCUT2D eigenvalue weighted by atomic mass is 10.1. The third kappa shape index (κ3) is 2.69. The average molecular weight is 424 g/mol. The van der Waals surface area contributed by atoms with Gasteiger partial charge < -0.3 is 25.7 Å². The molecule has 1 aliphatic heterocycles. The number of nitrogens with zero attached hydrogens (tertiary/aromatic N) is 5. The summed E-state index contributed by atoms with van der Waals surface area (Å²) in [6, 6.07) is 1.35. The number of hydrogen-bond acceptors (Lipinski definition) is 8. The molecule has 4 N–H and O–H groups in total. The molecule has 4 aromatic rings. The fourth-order valence-corrected chi connectivity index (χ4v) is 4.52. The Morgan fingerprint density at radius 3 is 2.61 bits per heavy atom. The van der Waals surface area contributed by atoms with Crippen LogP contribution in [0.25, 0.3) is 21.9 Å². The van der Waals surface area contributed by atoms with Crippen LogP contribution in [-0.2, 0) is 0 Å². The van der Waals surface area contributed by atoms with Crippen molar-refractivity contribution in [1.82, 2.24) is 24.9 Å². The number of anilines is 2. The molecule has 4 heterocycles. The van der Waals surface area contributed by atoms with Crippen molar-refractivity contribution in [2.45, 2.75) is 6.04 Å². The van der Waals surface area contributed by atoms with E-state index in [9.17, 15) is 8.78 Å². The molecule has 0 amide bonds. The van der Waals surface area contributed by atoms with Crippen molar-refractivity contribution in [3.63, 3.8) is 0 Å². The first-order chi connectivity index (χ1) is 15.0. The summed E-state index contributed by atoms with van der Waals surface area (Å²) in [5.41, 5.74) is 7.26. The zero-order valence-corrected chi connectivity index (χ0v) is 16.4. The number of hydrogen-bond donors (Lipinski definition) is 3. The van der Waals surface area contributed by atoms with Crippen LogP contribution in [-0.4, -0.2) is 51.1 Å². The van der Waals surface area contributed by atoms with E-state index >= 15 is 0 Å². The molecule has 2 fully saturated rings. The molecule has 2 atom stereocenters. The second-order valence-electron chi connectivity index (χ2n) is 7.88. The summed E-state index contributed by atoms with van der Waals surface area (Å²) in [6.07, 6.45) is 4.36. The summed E-state index contributed by atoms with van der Waals surface area (Å²) < 4.78 is 35.1. The summed E-state index contributed by atoms with van der Waals surface area (Å²) in [5.74, 6) is -0.307. The standard InChI is InChI=1S/C20H18F2N8O/c1-24-12-2-11(21)15(22)13-14-18(27-17(12)13)28-20(31-8-3-25-7-26-4-8)29-19(14)30-5-9-10(6-30)16(9)23/h2-4,7,9-10,16,24H,5-6,23H2,1H3,(H,27,28,29). The molecule has 31 heavy (non-hydrogen) atoms. The summed E-state index contributed by atoms with van der Waals surface area (Å²) in [7, 11) is 1.64. The molecular weight excluding hydrogens is 406 g/mol. The summed E-state index contributed by atoms with van der Waals surface area (Å²) >= 11 is 0. The van der Waals surface area contributed by atoms with E-state index in [1.807, 2.05) is 4.90 Å². The van der Waals surface area contributed by atoms with Crippen LogP contribution in [0.2, 0.25) is 0 Å². The molecule has 0 spiro atoms. The number of halogens is 2. The molecule has 1 saturated heterocycles. The van der Waals surface area contributed by atoms with Crippen LogP contribution >= 0.6 is 0 Å². The highest BCUT2D eigenvalue weighted by Crippen LogP contribution is 2.47. The van der Waals surface area contributed by atoms with Crippen molar-refractivity contribution in [3.8, 4) is 11.8 Å². The number of rotatable bonds is 4. The Bertz CT molecular complexity index is 1320. The number of nitrogens with two attached hydrogens (primary N) is 1. The largest absolute Gasteiger partial charge is 0.421 e. The second-order valence-corrected chi connectivity index (χ2v) is 7.88. The highest BCUT2D eigenvalue weighted by molar-refractivity contribution is 6.15. The van der Waals surface area contributed by atoms with E-state index in [1.54, 1.807) is 7.05 Å². The molecule has 9 nitrogen and oxygen atoms in total. The number of ether oxygens (including phenoxy) is 1. The topological polar surface area (TPSA) is 118 Å². The first kappa shape index (κ1) is 18.2. The molecule has 0 bridgehead atoms. The maximum Gasteiger partial charge on any atom is 0.326 e. The van der Waals surface area contributed by atoms with E-state index < -0.39 is 11.6 Å². The van der Waals surface area contributed by atoms with Gasteiger partial charge in [-0.2, -0.15) is 9.97 Å². The first-order valence-corrected chi connectivity index (χ1v) is 9.87. The number of aromatic amines is 1. The van der Waals surface area contributed by atoms with E-state index in [2.05, 4.69) is 30.2 Å². The van der Waals surface area contributed by atoms with Crippen LogP contribution in [0, 0.1) is 23.5 Å². The predicted molar refractivity (Wildman–Crippen MR) is 110 cm³/mol. The molecule has 1 aromatic carbocycles. The van der Waals surface area contributed by atoms with E-state index in [4.69, 9.17) is 10.5 Å². The van der Waals surface area contributed by atoms with Gasteiger partial charge in [-0.05, 0) is 11.8 Å². The van der Waals surface area contributed by atoms with Gasteiger partial charge in [-0.3, -0.25) is 0 Å². The monoisotopic (exact) mass is 424 g/mol. The Balaban J connectivity index is 1.58. The number of fused-ring (bicyclic) bond motifs is 4. The van der Waals surface area contributed by atoms with Crippen LogP contribution < -0.4 is 20.7 Å². The maximum atomic E-state index is 15.0. The van der Waals surface area contributed by atoms with Gasteiger partial charge in [0.05, 0.1) is 34.4 Å². The lowest BCUT2D eigenvalue weighted by Gasteiger charge is -2.21. The third-order valence-electron chi connectivity index (χ3n) is 6.16.